The van der Waals surface area contributed by atoms with Crippen molar-refractivity contribution in [1.82, 2.24) is 15.7 Å². The molecular weight excluding hydrogens is 182 g/mol. The van der Waals surface area contributed by atoms with Crippen molar-refractivity contribution in [3.63, 3.8) is 0 Å². The summed E-state index contributed by atoms with van der Waals surface area (Å²) in [7, 11) is 1.65. The Hall–Kier alpha value is -0.910. The van der Waals surface area contributed by atoms with Gasteiger partial charge in [0.25, 0.3) is 0 Å². The second-order valence-electron chi connectivity index (χ2n) is 3.07. The zero-order valence-electron chi connectivity index (χ0n) is 8.89. The highest BCUT2D eigenvalue weighted by molar-refractivity contribution is 5.22. The lowest BCUT2D eigenvalue weighted by molar-refractivity contribution is 0.00333. The minimum absolute atomic E-state index is 0.548. The molecule has 0 fully saturated rings. The molecular formula is C9H17N3O2. The van der Waals surface area contributed by atoms with Crippen LogP contribution >= 0.6 is 0 Å². The Bertz CT molecular complexity index is 254. The summed E-state index contributed by atoms with van der Waals surface area (Å²) in [5.74, 6) is 0. The smallest absolute Gasteiger partial charge is 0.0916 e. The van der Waals surface area contributed by atoms with Crippen LogP contribution in [0.4, 0.5) is 0 Å². The molecule has 0 atom stereocenters. The molecule has 0 aliphatic carbocycles. The van der Waals surface area contributed by atoms with Gasteiger partial charge in [0, 0.05) is 24.9 Å². The third-order valence-electron chi connectivity index (χ3n) is 2.02. The molecule has 0 aliphatic heterocycles. The van der Waals surface area contributed by atoms with Crippen LogP contribution in [0.5, 0.6) is 0 Å². The summed E-state index contributed by atoms with van der Waals surface area (Å²) in [6, 6.07) is 0. The van der Waals surface area contributed by atoms with Gasteiger partial charge in [-0.3, -0.25) is 9.94 Å². The second kappa shape index (κ2) is 5.74. The molecule has 2 N–H and O–H groups in total. The fourth-order valence-corrected chi connectivity index (χ4v) is 1.15. The average Bonchev–Trinajstić information content (AvgIpc) is 2.48. The van der Waals surface area contributed by atoms with Crippen molar-refractivity contribution in [3.8, 4) is 0 Å². The van der Waals surface area contributed by atoms with Gasteiger partial charge in [0.05, 0.1) is 18.9 Å². The first-order valence-electron chi connectivity index (χ1n) is 4.59. The molecule has 1 aromatic heterocycles. The summed E-state index contributed by atoms with van der Waals surface area (Å²) in [6.07, 6.45) is 0. The molecule has 14 heavy (non-hydrogen) atoms. The van der Waals surface area contributed by atoms with Crippen LogP contribution in [0.15, 0.2) is 0 Å². The van der Waals surface area contributed by atoms with E-state index in [0.29, 0.717) is 19.8 Å². The van der Waals surface area contributed by atoms with Crippen LogP contribution in [0.3, 0.4) is 0 Å². The first-order chi connectivity index (χ1) is 6.75. The molecule has 0 aliphatic rings. The SMILES string of the molecule is COCCONCc1c(C)n[nH]c1C. The molecule has 5 nitrogen and oxygen atoms in total. The maximum atomic E-state index is 5.14. The maximum Gasteiger partial charge on any atom is 0.0916 e. The number of hydroxylamine groups is 1. The summed E-state index contributed by atoms with van der Waals surface area (Å²) in [6.45, 7) is 5.77. The number of aromatic nitrogens is 2. The highest BCUT2D eigenvalue weighted by Gasteiger charge is 2.04. The van der Waals surface area contributed by atoms with Crippen LogP contribution in [-0.2, 0) is 16.1 Å². The molecule has 0 saturated heterocycles. The van der Waals surface area contributed by atoms with Gasteiger partial charge in [-0.15, -0.1) is 0 Å². The molecule has 0 amide bonds. The van der Waals surface area contributed by atoms with E-state index in [1.807, 2.05) is 13.8 Å². The highest BCUT2D eigenvalue weighted by Crippen LogP contribution is 2.07. The van der Waals surface area contributed by atoms with E-state index in [9.17, 15) is 0 Å². The van der Waals surface area contributed by atoms with E-state index in [1.165, 1.54) is 0 Å². The van der Waals surface area contributed by atoms with Crippen molar-refractivity contribution in [2.24, 2.45) is 0 Å². The van der Waals surface area contributed by atoms with Gasteiger partial charge in [-0.2, -0.15) is 10.6 Å². The van der Waals surface area contributed by atoms with Gasteiger partial charge in [-0.1, -0.05) is 0 Å². The number of nitrogens with zero attached hydrogens (tertiary/aromatic N) is 1. The van der Waals surface area contributed by atoms with E-state index in [-0.39, 0.29) is 0 Å². The normalized spacial score (nSPS) is 10.8. The van der Waals surface area contributed by atoms with E-state index < -0.39 is 0 Å². The Kier molecular flexibility index (Phi) is 4.58. The van der Waals surface area contributed by atoms with Crippen molar-refractivity contribution in [1.29, 1.82) is 0 Å². The first-order valence-corrected chi connectivity index (χ1v) is 4.59. The monoisotopic (exact) mass is 199 g/mol. The molecule has 1 aromatic rings. The summed E-state index contributed by atoms with van der Waals surface area (Å²) in [4.78, 5) is 5.14. The topological polar surface area (TPSA) is 59.2 Å². The fourth-order valence-electron chi connectivity index (χ4n) is 1.15. The number of hydrogen-bond donors (Lipinski definition) is 2. The van der Waals surface area contributed by atoms with Crippen molar-refractivity contribution < 1.29 is 9.57 Å². The minimum Gasteiger partial charge on any atom is -0.382 e. The van der Waals surface area contributed by atoms with Gasteiger partial charge in [0.1, 0.15) is 0 Å². The number of nitrogens with one attached hydrogen (secondary N) is 2. The molecule has 1 heterocycles. The van der Waals surface area contributed by atoms with Crippen LogP contribution < -0.4 is 5.48 Å². The summed E-state index contributed by atoms with van der Waals surface area (Å²) in [5, 5.41) is 7.00. The Labute approximate surface area is 83.7 Å². The molecule has 0 unspecified atom stereocenters. The van der Waals surface area contributed by atoms with Gasteiger partial charge in [-0.05, 0) is 13.8 Å². The van der Waals surface area contributed by atoms with Gasteiger partial charge in [-0.25, -0.2) is 0 Å². The fraction of sp³-hybridized carbons (Fsp3) is 0.667. The lowest BCUT2D eigenvalue weighted by Gasteiger charge is -2.05. The standard InChI is InChI=1S/C9H17N3O2/c1-7-9(8(2)12-11-7)6-10-14-5-4-13-3/h10H,4-6H2,1-3H3,(H,11,12). The summed E-state index contributed by atoms with van der Waals surface area (Å²) >= 11 is 0. The first kappa shape index (κ1) is 11.2. The summed E-state index contributed by atoms with van der Waals surface area (Å²) in [5.41, 5.74) is 6.10. The molecule has 0 aromatic carbocycles. The number of methoxy groups -OCH3 is 1. The third-order valence-corrected chi connectivity index (χ3v) is 2.02. The molecule has 0 radical (unpaired) electrons. The maximum absolute atomic E-state index is 5.14. The van der Waals surface area contributed by atoms with Crippen LogP contribution in [0.25, 0.3) is 0 Å². The van der Waals surface area contributed by atoms with E-state index in [4.69, 9.17) is 9.57 Å². The van der Waals surface area contributed by atoms with E-state index in [0.717, 1.165) is 17.0 Å². The Morgan fingerprint density at radius 3 is 2.71 bits per heavy atom. The van der Waals surface area contributed by atoms with Gasteiger partial charge < -0.3 is 4.74 Å². The number of hydrogen-bond acceptors (Lipinski definition) is 4. The van der Waals surface area contributed by atoms with Gasteiger partial charge in [0.15, 0.2) is 0 Å². The van der Waals surface area contributed by atoms with Crippen molar-refractivity contribution in [2.45, 2.75) is 20.4 Å². The zero-order valence-corrected chi connectivity index (χ0v) is 8.89. The molecule has 1 rings (SSSR count). The van der Waals surface area contributed by atoms with Gasteiger partial charge >= 0.3 is 0 Å². The van der Waals surface area contributed by atoms with Gasteiger partial charge in [0.2, 0.25) is 0 Å². The number of ether oxygens (including phenoxy) is 1. The molecule has 0 spiro atoms. The number of rotatable bonds is 6. The predicted molar refractivity (Wildman–Crippen MR) is 52.7 cm³/mol. The Morgan fingerprint density at radius 1 is 1.36 bits per heavy atom. The lowest BCUT2D eigenvalue weighted by atomic mass is 10.2. The number of aromatic amines is 1. The molecule has 0 saturated carbocycles. The quantitative estimate of drug-likeness (QED) is 0.523. The molecule has 5 heteroatoms. The van der Waals surface area contributed by atoms with Crippen molar-refractivity contribution >= 4 is 0 Å². The Balaban J connectivity index is 2.24. The number of aryl methyl sites for hydroxylation is 2. The lowest BCUT2D eigenvalue weighted by Crippen LogP contribution is -2.17. The van der Waals surface area contributed by atoms with Crippen LogP contribution in [0.2, 0.25) is 0 Å². The Morgan fingerprint density at radius 2 is 2.14 bits per heavy atom. The largest absolute Gasteiger partial charge is 0.382 e. The van der Waals surface area contributed by atoms with E-state index >= 15 is 0 Å². The van der Waals surface area contributed by atoms with Crippen molar-refractivity contribution in [2.75, 3.05) is 20.3 Å². The average molecular weight is 199 g/mol. The van der Waals surface area contributed by atoms with Crippen LogP contribution in [0.1, 0.15) is 17.0 Å². The number of H-pyrrole nitrogens is 1. The zero-order chi connectivity index (χ0) is 10.4. The highest BCUT2D eigenvalue weighted by atomic mass is 16.7. The minimum atomic E-state index is 0.548. The van der Waals surface area contributed by atoms with Crippen LogP contribution in [-0.4, -0.2) is 30.5 Å². The van der Waals surface area contributed by atoms with Crippen LogP contribution in [0, 0.1) is 13.8 Å². The second-order valence-corrected chi connectivity index (χ2v) is 3.07. The summed E-state index contributed by atoms with van der Waals surface area (Å²) < 4.78 is 4.84. The van der Waals surface area contributed by atoms with E-state index in [2.05, 4.69) is 15.7 Å². The molecule has 0 bridgehead atoms. The third kappa shape index (κ3) is 3.10. The predicted octanol–water partition coefficient (Wildman–Crippen LogP) is 0.694. The van der Waals surface area contributed by atoms with E-state index in [1.54, 1.807) is 7.11 Å². The van der Waals surface area contributed by atoms with Crippen molar-refractivity contribution in [3.05, 3.63) is 17.0 Å². The molecule has 80 valence electrons.